The van der Waals surface area contributed by atoms with Crippen LogP contribution in [-0.4, -0.2) is 5.91 Å². The van der Waals surface area contributed by atoms with E-state index in [4.69, 9.17) is 4.42 Å². The van der Waals surface area contributed by atoms with E-state index in [2.05, 4.69) is 19.2 Å². The Labute approximate surface area is 107 Å². The number of furan rings is 1. The summed E-state index contributed by atoms with van der Waals surface area (Å²) in [6.07, 6.45) is 2.60. The number of rotatable bonds is 4. The molecule has 0 aliphatic carbocycles. The zero-order valence-corrected chi connectivity index (χ0v) is 10.6. The molecule has 0 saturated carbocycles. The highest BCUT2D eigenvalue weighted by Crippen LogP contribution is 2.20. The molecular formula is C15H17NO2. The van der Waals surface area contributed by atoms with Crippen LogP contribution in [0.25, 0.3) is 0 Å². The molecule has 94 valence electrons. The summed E-state index contributed by atoms with van der Waals surface area (Å²) < 4.78 is 5.03. The third kappa shape index (κ3) is 2.80. The van der Waals surface area contributed by atoms with Gasteiger partial charge in [0.15, 0.2) is 5.76 Å². The molecule has 0 bridgehead atoms. The van der Waals surface area contributed by atoms with Crippen molar-refractivity contribution in [2.24, 2.45) is 0 Å². The summed E-state index contributed by atoms with van der Waals surface area (Å²) in [5, 5.41) is 2.80. The Morgan fingerprint density at radius 1 is 1.28 bits per heavy atom. The molecule has 2 rings (SSSR count). The van der Waals surface area contributed by atoms with Crippen LogP contribution in [0.5, 0.6) is 0 Å². The zero-order chi connectivity index (χ0) is 13.0. The molecule has 0 aliphatic rings. The largest absolute Gasteiger partial charge is 0.459 e. The number of amides is 1. The third-order valence-electron chi connectivity index (χ3n) is 3.09. The Morgan fingerprint density at radius 2 is 2.00 bits per heavy atom. The summed E-state index contributed by atoms with van der Waals surface area (Å²) in [5.74, 6) is 0.636. The Bertz CT molecular complexity index is 500. The van der Waals surface area contributed by atoms with E-state index in [1.54, 1.807) is 12.1 Å². The van der Waals surface area contributed by atoms with Gasteiger partial charge >= 0.3 is 0 Å². The molecular weight excluding hydrogens is 226 g/mol. The standard InChI is InChI=1S/C15H17NO2/c1-3-11(2)12-6-8-13(9-7-12)16-15(17)14-5-4-10-18-14/h4-11H,3H2,1-2H3,(H,16,17)/t11-/m0/s1. The highest BCUT2D eigenvalue weighted by molar-refractivity contribution is 6.02. The van der Waals surface area contributed by atoms with Crippen LogP contribution in [0.1, 0.15) is 42.3 Å². The van der Waals surface area contributed by atoms with Crippen LogP contribution >= 0.6 is 0 Å². The lowest BCUT2D eigenvalue weighted by Gasteiger charge is -2.10. The van der Waals surface area contributed by atoms with Crippen molar-refractivity contribution in [1.82, 2.24) is 0 Å². The highest BCUT2D eigenvalue weighted by Gasteiger charge is 2.09. The molecule has 3 nitrogen and oxygen atoms in total. The molecule has 3 heteroatoms. The van der Waals surface area contributed by atoms with Crippen LogP contribution in [0.15, 0.2) is 47.1 Å². The number of carbonyl (C=O) groups excluding carboxylic acids is 1. The first kappa shape index (κ1) is 12.4. The topological polar surface area (TPSA) is 42.2 Å². The zero-order valence-electron chi connectivity index (χ0n) is 10.6. The van der Waals surface area contributed by atoms with Crippen molar-refractivity contribution in [1.29, 1.82) is 0 Å². The number of benzene rings is 1. The molecule has 1 atom stereocenters. The predicted molar refractivity (Wildman–Crippen MR) is 71.8 cm³/mol. The van der Waals surface area contributed by atoms with Gasteiger partial charge in [0.2, 0.25) is 0 Å². The van der Waals surface area contributed by atoms with Crippen LogP contribution in [0.2, 0.25) is 0 Å². The molecule has 18 heavy (non-hydrogen) atoms. The fraction of sp³-hybridized carbons (Fsp3) is 0.267. The molecule has 0 fully saturated rings. The molecule has 1 aromatic carbocycles. The van der Waals surface area contributed by atoms with Gasteiger partial charge in [0.25, 0.3) is 5.91 Å². The van der Waals surface area contributed by atoms with Gasteiger partial charge in [0.05, 0.1) is 6.26 Å². The lowest BCUT2D eigenvalue weighted by molar-refractivity contribution is 0.0996. The number of anilines is 1. The monoisotopic (exact) mass is 243 g/mol. The highest BCUT2D eigenvalue weighted by atomic mass is 16.3. The van der Waals surface area contributed by atoms with Crippen molar-refractivity contribution in [3.8, 4) is 0 Å². The van der Waals surface area contributed by atoms with Crippen molar-refractivity contribution in [3.63, 3.8) is 0 Å². The van der Waals surface area contributed by atoms with E-state index in [-0.39, 0.29) is 5.91 Å². The number of carbonyl (C=O) groups is 1. The van der Waals surface area contributed by atoms with Gasteiger partial charge in [0, 0.05) is 5.69 Å². The van der Waals surface area contributed by atoms with Gasteiger partial charge in [-0.15, -0.1) is 0 Å². The Morgan fingerprint density at radius 3 is 2.56 bits per heavy atom. The molecule has 1 N–H and O–H groups in total. The Balaban J connectivity index is 2.04. The first-order valence-corrected chi connectivity index (χ1v) is 6.15. The maximum Gasteiger partial charge on any atom is 0.291 e. The van der Waals surface area contributed by atoms with Gasteiger partial charge in [-0.25, -0.2) is 0 Å². The van der Waals surface area contributed by atoms with Crippen molar-refractivity contribution in [2.75, 3.05) is 5.32 Å². The van der Waals surface area contributed by atoms with Crippen molar-refractivity contribution < 1.29 is 9.21 Å². The maximum absolute atomic E-state index is 11.7. The minimum Gasteiger partial charge on any atom is -0.459 e. The van der Waals surface area contributed by atoms with Gasteiger partial charge in [-0.05, 0) is 42.2 Å². The summed E-state index contributed by atoms with van der Waals surface area (Å²) in [4.78, 5) is 11.7. The van der Waals surface area contributed by atoms with Crippen molar-refractivity contribution in [3.05, 3.63) is 54.0 Å². The third-order valence-corrected chi connectivity index (χ3v) is 3.09. The second kappa shape index (κ2) is 5.54. The molecule has 0 spiro atoms. The van der Waals surface area contributed by atoms with Gasteiger partial charge in [-0.2, -0.15) is 0 Å². The predicted octanol–water partition coefficient (Wildman–Crippen LogP) is 4.05. The summed E-state index contributed by atoms with van der Waals surface area (Å²) in [6.45, 7) is 4.35. The van der Waals surface area contributed by atoms with Crippen LogP contribution in [0.3, 0.4) is 0 Å². The molecule has 0 radical (unpaired) electrons. The van der Waals surface area contributed by atoms with Crippen molar-refractivity contribution in [2.45, 2.75) is 26.2 Å². The van der Waals surface area contributed by atoms with Crippen LogP contribution < -0.4 is 5.32 Å². The Kier molecular flexibility index (Phi) is 3.82. The second-order valence-electron chi connectivity index (χ2n) is 4.36. The fourth-order valence-corrected chi connectivity index (χ4v) is 1.73. The molecule has 1 heterocycles. The fourth-order valence-electron chi connectivity index (χ4n) is 1.73. The van der Waals surface area contributed by atoms with Crippen LogP contribution in [0, 0.1) is 0 Å². The quantitative estimate of drug-likeness (QED) is 0.880. The number of hydrogen-bond donors (Lipinski definition) is 1. The lowest BCUT2D eigenvalue weighted by Crippen LogP contribution is -2.10. The normalized spacial score (nSPS) is 12.1. The SMILES string of the molecule is CC[C@H](C)c1ccc(NC(=O)c2ccco2)cc1. The van der Waals surface area contributed by atoms with Crippen LogP contribution in [0.4, 0.5) is 5.69 Å². The summed E-state index contributed by atoms with van der Waals surface area (Å²) in [6, 6.07) is 11.3. The smallest absolute Gasteiger partial charge is 0.291 e. The van der Waals surface area contributed by atoms with E-state index >= 15 is 0 Å². The van der Waals surface area contributed by atoms with Gasteiger partial charge in [-0.3, -0.25) is 4.79 Å². The maximum atomic E-state index is 11.7. The van der Waals surface area contributed by atoms with Crippen LogP contribution in [-0.2, 0) is 0 Å². The minimum atomic E-state index is -0.226. The van der Waals surface area contributed by atoms with Gasteiger partial charge < -0.3 is 9.73 Å². The summed E-state index contributed by atoms with van der Waals surface area (Å²) >= 11 is 0. The molecule has 0 aliphatic heterocycles. The number of hydrogen-bond acceptors (Lipinski definition) is 2. The average molecular weight is 243 g/mol. The first-order chi connectivity index (χ1) is 8.70. The Hall–Kier alpha value is -2.03. The minimum absolute atomic E-state index is 0.226. The molecule has 1 aromatic heterocycles. The summed E-state index contributed by atoms with van der Waals surface area (Å²) in [5.41, 5.74) is 2.07. The van der Waals surface area contributed by atoms with Gasteiger partial charge in [0.1, 0.15) is 0 Å². The van der Waals surface area contributed by atoms with E-state index in [1.807, 2.05) is 24.3 Å². The van der Waals surface area contributed by atoms with E-state index in [0.29, 0.717) is 11.7 Å². The molecule has 2 aromatic rings. The second-order valence-corrected chi connectivity index (χ2v) is 4.36. The first-order valence-electron chi connectivity index (χ1n) is 6.15. The molecule has 0 saturated heterocycles. The van der Waals surface area contributed by atoms with E-state index in [9.17, 15) is 4.79 Å². The van der Waals surface area contributed by atoms with Gasteiger partial charge in [-0.1, -0.05) is 26.0 Å². The lowest BCUT2D eigenvalue weighted by atomic mass is 9.99. The molecule has 1 amide bonds. The van der Waals surface area contributed by atoms with Crippen molar-refractivity contribution >= 4 is 11.6 Å². The van der Waals surface area contributed by atoms with E-state index in [1.165, 1.54) is 11.8 Å². The summed E-state index contributed by atoms with van der Waals surface area (Å²) in [7, 11) is 0. The molecule has 0 unspecified atom stereocenters. The van der Waals surface area contributed by atoms with E-state index in [0.717, 1.165) is 12.1 Å². The number of nitrogens with one attached hydrogen (secondary N) is 1. The average Bonchev–Trinajstić information content (AvgIpc) is 2.92. The van der Waals surface area contributed by atoms with E-state index < -0.39 is 0 Å².